The summed E-state index contributed by atoms with van der Waals surface area (Å²) < 4.78 is 138. The Labute approximate surface area is 402 Å². The SMILES string of the molecule is Nc1nc(Cl)nc(Nc2cccc(NS(=O)(=O)c3ccc4c(c3)-c3nc-4nc4[nH]c(nc5nc(nc6[nH]c(n3)c3c(S(=O)(=O)O)cccc63)-c3c-5cccc3S(=O)(=O)O)c3ccc(S(=O)(=O)O)cc43)c2)n1. The molecule has 0 unspecified atom stereocenters. The number of H-pyrrole nitrogens is 2. The van der Waals surface area contributed by atoms with Gasteiger partial charge in [0.15, 0.2) is 23.3 Å². The number of hydrogen-bond donors (Lipinski definition) is 8. The summed E-state index contributed by atoms with van der Waals surface area (Å²) in [4.78, 5) is 43.3. The van der Waals surface area contributed by atoms with E-state index in [-0.39, 0.29) is 117 Å². The molecule has 0 saturated heterocycles. The first kappa shape index (κ1) is 45.3. The number of nitrogens with one attached hydrogen (secondary N) is 4. The second kappa shape index (κ2) is 15.9. The van der Waals surface area contributed by atoms with Crippen molar-refractivity contribution < 1.29 is 47.3 Å². The van der Waals surface area contributed by atoms with E-state index in [2.05, 4.69) is 59.9 Å². The first-order valence-corrected chi connectivity index (χ1v) is 26.1. The molecule has 4 aromatic heterocycles. The number of anilines is 4. The van der Waals surface area contributed by atoms with Gasteiger partial charge in [0.05, 0.1) is 21.0 Å². The first-order chi connectivity index (χ1) is 33.6. The zero-order valence-electron chi connectivity index (χ0n) is 35.0. The van der Waals surface area contributed by atoms with Crippen LogP contribution >= 0.6 is 11.6 Å². The molecule has 30 heteroatoms. The number of hydrogen-bond acceptors (Lipinski definition) is 19. The smallest absolute Gasteiger partial charge is 0.295 e. The third-order valence-corrected chi connectivity index (χ3v) is 15.1. The molecular weight excluding hydrogens is 1030 g/mol. The summed E-state index contributed by atoms with van der Waals surface area (Å²) >= 11 is 5.91. The normalized spacial score (nSPS) is 12.7. The molecule has 0 spiro atoms. The molecule has 2 aliphatic heterocycles. The van der Waals surface area contributed by atoms with Gasteiger partial charge in [-0.1, -0.05) is 30.3 Å². The highest BCUT2D eigenvalue weighted by Crippen LogP contribution is 2.41. The summed E-state index contributed by atoms with van der Waals surface area (Å²) in [5, 5.41) is 2.75. The fourth-order valence-electron chi connectivity index (χ4n) is 7.97. The lowest BCUT2D eigenvalue weighted by atomic mass is 10.1. The maximum atomic E-state index is 14.2. The van der Waals surface area contributed by atoms with Crippen molar-refractivity contribution in [3.05, 3.63) is 102 Å². The summed E-state index contributed by atoms with van der Waals surface area (Å²) in [6.07, 6.45) is 0. The number of sulfonamides is 1. The Morgan fingerprint density at radius 3 is 1.85 bits per heavy atom. The Balaban J connectivity index is 1.18. The second-order valence-corrected chi connectivity index (χ2v) is 21.6. The summed E-state index contributed by atoms with van der Waals surface area (Å²) in [6, 6.07) is 21.1. The van der Waals surface area contributed by atoms with E-state index in [1.54, 1.807) is 6.07 Å². The van der Waals surface area contributed by atoms with E-state index in [9.17, 15) is 47.3 Å². The Morgan fingerprint density at radius 2 is 1.10 bits per heavy atom. The number of fused-ring (bicyclic) bond motifs is 20. The maximum Gasteiger partial charge on any atom is 0.295 e. The third-order valence-electron chi connectivity index (χ3n) is 10.9. The van der Waals surface area contributed by atoms with Gasteiger partial charge in [0, 0.05) is 43.9 Å². The number of nitrogens with zero attached hydrogens (tertiary/aromatic N) is 9. The van der Waals surface area contributed by atoms with Crippen molar-refractivity contribution in [1.82, 2.24) is 54.8 Å². The van der Waals surface area contributed by atoms with Gasteiger partial charge in [0.1, 0.15) is 32.4 Å². The average molecular weight is 1050 g/mol. The fraction of sp³-hybridized carbons (Fsp3) is 0. The minimum absolute atomic E-state index is 0.0120. The molecule has 0 aliphatic carbocycles. The number of benzene rings is 5. The number of aromatic amines is 2. The standard InChI is InChI=1S/C41H25ClN14O11S4/c42-39-53-40(43)55-41(54-39)44-17-4-1-5-18(14-17)56-68(57,58)19-10-12-21-25(15-19)36-48-32(21)47-35-26-16-20(69(59,60)61)11-13-22(26)31(46-35)45-33-23-6-2-8-27(70(62,63)64)29(23)37(49-33)50-34-24-7-3-9-28(71(65,66)67)30(24)38(51-34)52-36/h1-16,56H,(H,59,60,61)(H,62,63,64)(H,65,66,67)(H3,43,44,53,54,55)(H2,45,46,47,48,49,50,51,52). The van der Waals surface area contributed by atoms with Crippen LogP contribution in [-0.4, -0.2) is 102 Å². The van der Waals surface area contributed by atoms with Gasteiger partial charge in [0.2, 0.25) is 17.2 Å². The lowest BCUT2D eigenvalue weighted by Gasteiger charge is -2.11. The molecule has 11 rings (SSSR count). The number of nitrogens with two attached hydrogens (primary N) is 1. The van der Waals surface area contributed by atoms with Crippen LogP contribution in [0.25, 0.3) is 89.7 Å². The van der Waals surface area contributed by atoms with E-state index >= 15 is 0 Å². The number of nitrogen functional groups attached to an aromatic ring is 1. The monoisotopic (exact) mass is 1050 g/mol. The molecule has 71 heavy (non-hydrogen) atoms. The predicted octanol–water partition coefficient (Wildman–Crippen LogP) is 5.57. The highest BCUT2D eigenvalue weighted by atomic mass is 35.5. The fourth-order valence-corrected chi connectivity index (χ4v) is 11.1. The van der Waals surface area contributed by atoms with Crippen molar-refractivity contribution in [2.45, 2.75) is 19.6 Å². The van der Waals surface area contributed by atoms with Gasteiger partial charge in [-0.3, -0.25) is 18.4 Å². The molecule has 0 fully saturated rings. The quantitative estimate of drug-likeness (QED) is 0.0861. The van der Waals surface area contributed by atoms with E-state index in [0.717, 1.165) is 24.3 Å². The van der Waals surface area contributed by atoms with Crippen molar-refractivity contribution in [2.75, 3.05) is 15.8 Å². The van der Waals surface area contributed by atoms with Crippen LogP contribution in [-0.2, 0) is 40.4 Å². The summed E-state index contributed by atoms with van der Waals surface area (Å²) in [6.45, 7) is 0. The van der Waals surface area contributed by atoms with Gasteiger partial charge in [-0.05, 0) is 78.3 Å². The van der Waals surface area contributed by atoms with Crippen molar-refractivity contribution in [1.29, 1.82) is 0 Å². The predicted molar refractivity (Wildman–Crippen MR) is 255 cm³/mol. The van der Waals surface area contributed by atoms with E-state index in [1.165, 1.54) is 66.7 Å². The lowest BCUT2D eigenvalue weighted by molar-refractivity contribution is 0.481. The van der Waals surface area contributed by atoms with Crippen LogP contribution in [0.1, 0.15) is 0 Å². The third kappa shape index (κ3) is 8.15. The van der Waals surface area contributed by atoms with Crippen LogP contribution in [0.5, 0.6) is 0 Å². The molecule has 2 aliphatic rings. The molecule has 6 heterocycles. The molecule has 9 N–H and O–H groups in total. The van der Waals surface area contributed by atoms with E-state index in [0.29, 0.717) is 5.69 Å². The highest BCUT2D eigenvalue weighted by molar-refractivity contribution is 7.92. The van der Waals surface area contributed by atoms with E-state index in [1.807, 2.05) is 0 Å². The Morgan fingerprint density at radius 1 is 0.493 bits per heavy atom. The minimum atomic E-state index is -5.02. The molecule has 0 saturated carbocycles. The second-order valence-electron chi connectivity index (χ2n) is 15.4. The van der Waals surface area contributed by atoms with Gasteiger partial charge in [-0.15, -0.1) is 0 Å². The van der Waals surface area contributed by atoms with Crippen molar-refractivity contribution in [3.63, 3.8) is 0 Å². The van der Waals surface area contributed by atoms with Gasteiger partial charge >= 0.3 is 0 Å². The van der Waals surface area contributed by atoms with Crippen LogP contribution in [0.4, 0.5) is 23.3 Å². The number of rotatable bonds is 8. The Bertz CT molecular complexity index is 4500. The van der Waals surface area contributed by atoms with Crippen LogP contribution in [0, 0.1) is 0 Å². The van der Waals surface area contributed by atoms with E-state index in [4.69, 9.17) is 22.3 Å². The van der Waals surface area contributed by atoms with Crippen LogP contribution in [0.15, 0.2) is 117 Å². The summed E-state index contributed by atoms with van der Waals surface area (Å²) in [7, 11) is -19.3. The number of aromatic nitrogens is 11. The molecule has 9 aromatic rings. The number of halogens is 1. The average Bonchev–Trinajstić information content (AvgIpc) is 4.03. The Hall–Kier alpha value is -8.16. The highest BCUT2D eigenvalue weighted by Gasteiger charge is 2.30. The van der Waals surface area contributed by atoms with Gasteiger partial charge < -0.3 is 21.0 Å². The van der Waals surface area contributed by atoms with Gasteiger partial charge in [-0.25, -0.2) is 38.3 Å². The molecule has 8 bridgehead atoms. The molecule has 25 nitrogen and oxygen atoms in total. The molecule has 0 atom stereocenters. The Kier molecular flexibility index (Phi) is 10.2. The van der Waals surface area contributed by atoms with Crippen LogP contribution in [0.3, 0.4) is 0 Å². The topological polar surface area (TPSA) is 395 Å². The van der Waals surface area contributed by atoms with Crippen molar-refractivity contribution in [2.24, 2.45) is 0 Å². The van der Waals surface area contributed by atoms with E-state index < -0.39 is 55.1 Å². The van der Waals surface area contributed by atoms with Crippen LogP contribution in [0.2, 0.25) is 5.28 Å². The minimum Gasteiger partial charge on any atom is -0.368 e. The first-order valence-electron chi connectivity index (χ1n) is 19.9. The zero-order chi connectivity index (χ0) is 49.9. The lowest BCUT2D eigenvalue weighted by Crippen LogP contribution is -2.13. The molecule has 0 amide bonds. The van der Waals surface area contributed by atoms with Crippen molar-refractivity contribution >= 4 is 119 Å². The molecule has 0 radical (unpaired) electrons. The summed E-state index contributed by atoms with van der Waals surface area (Å²) in [5.74, 6) is -1.09. The largest absolute Gasteiger partial charge is 0.368 e. The summed E-state index contributed by atoms with van der Waals surface area (Å²) in [5.41, 5.74) is 5.54. The molecule has 356 valence electrons. The molecular formula is C41H25ClN14O11S4. The maximum absolute atomic E-state index is 14.2. The van der Waals surface area contributed by atoms with Gasteiger partial charge in [-0.2, -0.15) is 40.2 Å². The van der Waals surface area contributed by atoms with Crippen LogP contribution < -0.4 is 15.8 Å². The van der Waals surface area contributed by atoms with Gasteiger partial charge in [0.25, 0.3) is 40.4 Å². The van der Waals surface area contributed by atoms with Crippen molar-refractivity contribution in [3.8, 4) is 45.6 Å². The zero-order valence-corrected chi connectivity index (χ0v) is 39.0. The molecule has 5 aromatic carbocycles.